The van der Waals surface area contributed by atoms with Gasteiger partial charge in [-0.15, -0.1) is 0 Å². The SMILES string of the molecule is C[C@@H](c1ccc(Cl)cc1Cl)[C@H](C(=O)NOCc1cccc(C(=O)O)c1)c1ccccc1C(=O)CC[C@@H]1CCCC[C@H]1NS(C)(=O)=O. The van der Waals surface area contributed by atoms with Crippen LogP contribution in [0.1, 0.15) is 94.7 Å². The van der Waals surface area contributed by atoms with Crippen LogP contribution >= 0.6 is 23.2 Å². The van der Waals surface area contributed by atoms with Crippen LogP contribution in [-0.4, -0.2) is 43.5 Å². The van der Waals surface area contributed by atoms with E-state index in [4.69, 9.17) is 28.0 Å². The molecule has 1 fully saturated rings. The van der Waals surface area contributed by atoms with Crippen molar-refractivity contribution in [2.75, 3.05) is 6.26 Å². The van der Waals surface area contributed by atoms with Crippen LogP contribution in [0.2, 0.25) is 10.0 Å². The second kappa shape index (κ2) is 16.0. The van der Waals surface area contributed by atoms with Gasteiger partial charge in [-0.2, -0.15) is 0 Å². The standard InChI is InChI=1S/C34H38Cl2N2O7S/c1-21(26-16-15-25(35)19-29(26)36)32(33(40)37-45-20-22-8-7-10-24(18-22)34(41)42)28-12-5-4-11-27(28)31(39)17-14-23-9-3-6-13-30(23)38-46(2,43)44/h4-5,7-8,10-12,15-16,18-19,21,23,30,32,38H,3,6,9,13-14,17,20H2,1-2H3,(H,37,40)(H,41,42)/t21-,23-,30+,32-/m0/s1. The van der Waals surface area contributed by atoms with Crippen molar-refractivity contribution >= 4 is 50.9 Å². The summed E-state index contributed by atoms with van der Waals surface area (Å²) in [4.78, 5) is 44.6. The minimum Gasteiger partial charge on any atom is -0.478 e. The number of amides is 1. The van der Waals surface area contributed by atoms with E-state index in [9.17, 15) is 27.9 Å². The first kappa shape index (κ1) is 35.6. The van der Waals surface area contributed by atoms with Crippen LogP contribution in [0.4, 0.5) is 0 Å². The topological polar surface area (TPSA) is 139 Å². The Labute approximate surface area is 279 Å². The molecule has 4 atom stereocenters. The van der Waals surface area contributed by atoms with E-state index < -0.39 is 33.7 Å². The number of hydrogen-bond acceptors (Lipinski definition) is 6. The Hall–Kier alpha value is -3.28. The molecule has 0 spiro atoms. The van der Waals surface area contributed by atoms with Gasteiger partial charge in [-0.05, 0) is 72.1 Å². The first-order valence-electron chi connectivity index (χ1n) is 15.1. The number of rotatable bonds is 14. The maximum absolute atomic E-state index is 13.9. The van der Waals surface area contributed by atoms with E-state index in [1.165, 1.54) is 12.1 Å². The number of hydrogen-bond donors (Lipinski definition) is 3. The molecule has 46 heavy (non-hydrogen) atoms. The van der Waals surface area contributed by atoms with Crippen molar-refractivity contribution in [2.45, 2.75) is 69.9 Å². The highest BCUT2D eigenvalue weighted by molar-refractivity contribution is 7.88. The molecule has 0 radical (unpaired) electrons. The summed E-state index contributed by atoms with van der Waals surface area (Å²) in [6.07, 6.45) is 5.29. The average molecular weight is 690 g/mol. The molecular formula is C34H38Cl2N2O7S. The van der Waals surface area contributed by atoms with E-state index in [0.717, 1.165) is 31.9 Å². The molecule has 4 rings (SSSR count). The molecule has 0 bridgehead atoms. The first-order valence-corrected chi connectivity index (χ1v) is 17.8. The van der Waals surface area contributed by atoms with E-state index in [0.29, 0.717) is 38.7 Å². The average Bonchev–Trinajstić information content (AvgIpc) is 3.00. The third-order valence-electron chi connectivity index (χ3n) is 8.43. The van der Waals surface area contributed by atoms with E-state index >= 15 is 0 Å². The summed E-state index contributed by atoms with van der Waals surface area (Å²) in [6, 6.07) is 17.9. The van der Waals surface area contributed by atoms with Crippen LogP contribution in [-0.2, 0) is 26.3 Å². The first-order chi connectivity index (χ1) is 21.8. The fourth-order valence-corrected chi connectivity index (χ4v) is 7.63. The predicted molar refractivity (Wildman–Crippen MR) is 178 cm³/mol. The van der Waals surface area contributed by atoms with Gasteiger partial charge in [0, 0.05) is 28.1 Å². The number of hydroxylamine groups is 1. The third-order valence-corrected chi connectivity index (χ3v) is 9.73. The Morgan fingerprint density at radius 2 is 1.72 bits per heavy atom. The number of nitrogens with one attached hydrogen (secondary N) is 2. The molecule has 0 heterocycles. The molecule has 0 saturated heterocycles. The molecule has 246 valence electrons. The lowest BCUT2D eigenvalue weighted by molar-refractivity contribution is -0.136. The highest BCUT2D eigenvalue weighted by Crippen LogP contribution is 2.39. The van der Waals surface area contributed by atoms with Crippen LogP contribution < -0.4 is 10.2 Å². The zero-order chi connectivity index (χ0) is 33.4. The van der Waals surface area contributed by atoms with Crippen LogP contribution in [0.5, 0.6) is 0 Å². The van der Waals surface area contributed by atoms with Crippen LogP contribution in [0.3, 0.4) is 0 Å². The van der Waals surface area contributed by atoms with Gasteiger partial charge in [0.2, 0.25) is 10.0 Å². The minimum atomic E-state index is -3.38. The molecule has 1 aliphatic carbocycles. The van der Waals surface area contributed by atoms with E-state index in [1.54, 1.807) is 54.6 Å². The Morgan fingerprint density at radius 3 is 2.43 bits per heavy atom. The van der Waals surface area contributed by atoms with Gasteiger partial charge in [0.15, 0.2) is 5.78 Å². The van der Waals surface area contributed by atoms with Crippen molar-refractivity contribution in [1.82, 2.24) is 10.2 Å². The molecule has 1 aliphatic rings. The second-order valence-electron chi connectivity index (χ2n) is 11.8. The Bertz CT molecular complexity index is 1680. The number of Topliss-reactive ketones (excluding diaryl/α,β-unsaturated/α-hetero) is 1. The molecule has 3 aromatic carbocycles. The zero-order valence-corrected chi connectivity index (χ0v) is 28.0. The molecule has 3 aromatic rings. The summed E-state index contributed by atoms with van der Waals surface area (Å²) in [6.45, 7) is 1.75. The lowest BCUT2D eigenvalue weighted by atomic mass is 9.78. The van der Waals surface area contributed by atoms with Crippen LogP contribution in [0, 0.1) is 5.92 Å². The number of carboxylic acids is 1. The minimum absolute atomic E-state index is 0.0264. The van der Waals surface area contributed by atoms with Gasteiger partial charge in [0.05, 0.1) is 24.3 Å². The number of ketones is 1. The number of benzene rings is 3. The number of sulfonamides is 1. The van der Waals surface area contributed by atoms with E-state index in [-0.39, 0.29) is 36.3 Å². The van der Waals surface area contributed by atoms with E-state index in [1.807, 2.05) is 6.92 Å². The monoisotopic (exact) mass is 688 g/mol. The molecule has 9 nitrogen and oxygen atoms in total. The Balaban J connectivity index is 1.58. The smallest absolute Gasteiger partial charge is 0.335 e. The fraction of sp³-hybridized carbons (Fsp3) is 0.382. The molecular weight excluding hydrogens is 651 g/mol. The second-order valence-corrected chi connectivity index (χ2v) is 14.4. The van der Waals surface area contributed by atoms with Crippen molar-refractivity contribution in [2.24, 2.45) is 5.92 Å². The van der Waals surface area contributed by atoms with Crippen LogP contribution in [0.25, 0.3) is 0 Å². The summed E-state index contributed by atoms with van der Waals surface area (Å²) in [7, 11) is -3.38. The lowest BCUT2D eigenvalue weighted by Gasteiger charge is -2.31. The van der Waals surface area contributed by atoms with Crippen molar-refractivity contribution in [1.29, 1.82) is 0 Å². The largest absolute Gasteiger partial charge is 0.478 e. The van der Waals surface area contributed by atoms with Crippen molar-refractivity contribution in [3.05, 3.63) is 105 Å². The lowest BCUT2D eigenvalue weighted by Crippen LogP contribution is -2.41. The van der Waals surface area contributed by atoms with Gasteiger partial charge in [-0.25, -0.2) is 23.4 Å². The summed E-state index contributed by atoms with van der Waals surface area (Å²) in [5.74, 6) is -3.14. The van der Waals surface area contributed by atoms with Gasteiger partial charge in [0.1, 0.15) is 0 Å². The number of carbonyl (C=O) groups is 3. The van der Waals surface area contributed by atoms with Crippen molar-refractivity contribution in [3.63, 3.8) is 0 Å². The fourth-order valence-electron chi connectivity index (χ4n) is 6.19. The molecule has 3 N–H and O–H groups in total. The maximum Gasteiger partial charge on any atom is 0.335 e. The number of carboxylic acid groups (broad SMARTS) is 1. The van der Waals surface area contributed by atoms with Gasteiger partial charge in [-0.3, -0.25) is 14.4 Å². The highest BCUT2D eigenvalue weighted by Gasteiger charge is 2.33. The highest BCUT2D eigenvalue weighted by atomic mass is 35.5. The predicted octanol–water partition coefficient (Wildman–Crippen LogP) is 6.90. The maximum atomic E-state index is 13.9. The Morgan fingerprint density at radius 1 is 0.978 bits per heavy atom. The zero-order valence-electron chi connectivity index (χ0n) is 25.7. The van der Waals surface area contributed by atoms with Crippen molar-refractivity contribution in [3.8, 4) is 0 Å². The normalized spacial score (nSPS) is 18.0. The molecule has 0 aliphatic heterocycles. The molecule has 1 saturated carbocycles. The van der Waals surface area contributed by atoms with Crippen molar-refractivity contribution < 1.29 is 32.7 Å². The van der Waals surface area contributed by atoms with Gasteiger partial charge in [-0.1, -0.05) is 85.4 Å². The summed E-state index contributed by atoms with van der Waals surface area (Å²) < 4.78 is 26.6. The number of halogens is 2. The number of aromatic carboxylic acids is 1. The summed E-state index contributed by atoms with van der Waals surface area (Å²) >= 11 is 12.7. The van der Waals surface area contributed by atoms with Gasteiger partial charge >= 0.3 is 5.97 Å². The Kier molecular flexibility index (Phi) is 12.4. The van der Waals surface area contributed by atoms with E-state index in [2.05, 4.69) is 10.2 Å². The molecule has 12 heteroatoms. The molecule has 1 amide bonds. The van der Waals surface area contributed by atoms with Gasteiger partial charge < -0.3 is 5.11 Å². The quantitative estimate of drug-likeness (QED) is 0.124. The summed E-state index contributed by atoms with van der Waals surface area (Å²) in [5.41, 5.74) is 4.68. The number of carbonyl (C=O) groups excluding carboxylic acids is 2. The van der Waals surface area contributed by atoms with Crippen LogP contribution in [0.15, 0.2) is 66.7 Å². The third kappa shape index (κ3) is 9.62. The van der Waals surface area contributed by atoms with Gasteiger partial charge in [0.25, 0.3) is 5.91 Å². The molecule has 0 aromatic heterocycles. The molecule has 0 unspecified atom stereocenters. The summed E-state index contributed by atoms with van der Waals surface area (Å²) in [5, 5.41) is 10.1.